The summed E-state index contributed by atoms with van der Waals surface area (Å²) in [4.78, 5) is 27.3. The molecule has 1 aliphatic heterocycles. The average Bonchev–Trinajstić information content (AvgIpc) is 2.59. The molecule has 0 radical (unpaired) electrons. The Hall–Kier alpha value is -1.58. The molecule has 1 N–H and O–H groups in total. The molecule has 2 heterocycles. The summed E-state index contributed by atoms with van der Waals surface area (Å²) < 4.78 is 0. The molecule has 1 fully saturated rings. The minimum absolute atomic E-state index is 0.00690. The fourth-order valence-electron chi connectivity index (χ4n) is 2.02. The fourth-order valence-corrected chi connectivity index (χ4v) is 2.02. The van der Waals surface area contributed by atoms with Crippen molar-refractivity contribution in [2.45, 2.75) is 13.8 Å². The van der Waals surface area contributed by atoms with Gasteiger partial charge in [0, 0.05) is 25.4 Å². The first-order valence-electron chi connectivity index (χ1n) is 5.56. The second kappa shape index (κ2) is 4.12. The molecule has 1 aromatic heterocycles. The third-order valence-electron chi connectivity index (χ3n) is 3.31. The fraction of sp³-hybridized carbons (Fsp3) is 0.500. The van der Waals surface area contributed by atoms with Gasteiger partial charge in [-0.25, -0.2) is 0 Å². The maximum Gasteiger partial charge on any atom is 0.255 e. The van der Waals surface area contributed by atoms with Crippen LogP contribution in [-0.4, -0.2) is 28.9 Å². The molecule has 4 heteroatoms. The number of hydrogen-bond donors (Lipinski definition) is 1. The molecule has 0 aliphatic carbocycles. The summed E-state index contributed by atoms with van der Waals surface area (Å²) in [6.45, 7) is 5.92. The van der Waals surface area contributed by atoms with E-state index in [9.17, 15) is 9.59 Å². The van der Waals surface area contributed by atoms with E-state index in [0.717, 1.165) is 13.1 Å². The van der Waals surface area contributed by atoms with Crippen LogP contribution in [0.5, 0.6) is 0 Å². The highest BCUT2D eigenvalue weighted by Crippen LogP contribution is 2.23. The molecule has 1 aromatic rings. The molecule has 1 aliphatic rings. The Labute approximate surface area is 94.3 Å². The van der Waals surface area contributed by atoms with E-state index in [-0.39, 0.29) is 11.5 Å². The van der Waals surface area contributed by atoms with Crippen molar-refractivity contribution in [2.75, 3.05) is 13.1 Å². The number of nitrogens with zero attached hydrogens (tertiary/aromatic N) is 1. The number of likely N-dealkylation sites (tertiary alicyclic amines) is 1. The summed E-state index contributed by atoms with van der Waals surface area (Å²) in [6.07, 6.45) is 1.48. The summed E-state index contributed by atoms with van der Waals surface area (Å²) in [5, 5.41) is 0. The number of pyridine rings is 1. The lowest BCUT2D eigenvalue weighted by Gasteiger charge is -2.15. The number of rotatable bonds is 1. The third-order valence-corrected chi connectivity index (χ3v) is 3.31. The quantitative estimate of drug-likeness (QED) is 0.770. The first kappa shape index (κ1) is 10.9. The maximum absolute atomic E-state index is 12.1. The lowest BCUT2D eigenvalue weighted by atomic mass is 10.0. The van der Waals surface area contributed by atoms with Crippen molar-refractivity contribution in [3.8, 4) is 0 Å². The van der Waals surface area contributed by atoms with Gasteiger partial charge in [-0.05, 0) is 17.9 Å². The minimum Gasteiger partial charge on any atom is -0.338 e. The second-order valence-electron chi connectivity index (χ2n) is 4.61. The van der Waals surface area contributed by atoms with E-state index >= 15 is 0 Å². The van der Waals surface area contributed by atoms with E-state index in [0.29, 0.717) is 17.4 Å². The molecular weight excluding hydrogens is 204 g/mol. The predicted molar refractivity (Wildman–Crippen MR) is 61.3 cm³/mol. The highest BCUT2D eigenvalue weighted by molar-refractivity contribution is 5.94. The standard InChI is InChI=1S/C12H16N2O2/c1-8-6-14(7-9(8)2)12(16)10-3-4-11(15)13-5-10/h3-5,8-9H,6-7H2,1-2H3,(H,13,15). The number of aromatic nitrogens is 1. The molecule has 86 valence electrons. The van der Waals surface area contributed by atoms with Gasteiger partial charge in [0.15, 0.2) is 0 Å². The van der Waals surface area contributed by atoms with Gasteiger partial charge in [0.1, 0.15) is 0 Å². The van der Waals surface area contributed by atoms with Crippen LogP contribution in [0.3, 0.4) is 0 Å². The zero-order valence-corrected chi connectivity index (χ0v) is 9.56. The van der Waals surface area contributed by atoms with Gasteiger partial charge in [0.05, 0.1) is 5.56 Å². The van der Waals surface area contributed by atoms with Crippen LogP contribution in [0.25, 0.3) is 0 Å². The van der Waals surface area contributed by atoms with Crippen LogP contribution in [0.2, 0.25) is 0 Å². The number of nitrogens with one attached hydrogen (secondary N) is 1. The normalized spacial score (nSPS) is 24.8. The van der Waals surface area contributed by atoms with Crippen molar-refractivity contribution < 1.29 is 4.79 Å². The van der Waals surface area contributed by atoms with Crippen molar-refractivity contribution >= 4 is 5.91 Å². The molecule has 1 saturated heterocycles. The smallest absolute Gasteiger partial charge is 0.255 e. The molecule has 2 unspecified atom stereocenters. The SMILES string of the molecule is CC1CN(C(=O)c2ccc(=O)[nH]c2)CC1C. The van der Waals surface area contributed by atoms with Crippen molar-refractivity contribution in [3.05, 3.63) is 34.2 Å². The maximum atomic E-state index is 12.1. The van der Waals surface area contributed by atoms with E-state index in [1.165, 1.54) is 12.3 Å². The van der Waals surface area contributed by atoms with E-state index in [4.69, 9.17) is 0 Å². The van der Waals surface area contributed by atoms with Crippen LogP contribution in [-0.2, 0) is 0 Å². The second-order valence-corrected chi connectivity index (χ2v) is 4.61. The highest BCUT2D eigenvalue weighted by Gasteiger charge is 2.29. The summed E-state index contributed by atoms with van der Waals surface area (Å²) >= 11 is 0. The molecule has 0 saturated carbocycles. The number of carbonyl (C=O) groups excluding carboxylic acids is 1. The van der Waals surface area contributed by atoms with Crippen molar-refractivity contribution in [2.24, 2.45) is 11.8 Å². The topological polar surface area (TPSA) is 53.2 Å². The largest absolute Gasteiger partial charge is 0.338 e. The van der Waals surface area contributed by atoms with E-state index in [1.54, 1.807) is 6.07 Å². The molecule has 4 nitrogen and oxygen atoms in total. The molecule has 0 bridgehead atoms. The summed E-state index contributed by atoms with van der Waals surface area (Å²) in [6, 6.07) is 2.96. The van der Waals surface area contributed by atoms with Gasteiger partial charge in [0.2, 0.25) is 5.56 Å². The summed E-state index contributed by atoms with van der Waals surface area (Å²) in [7, 11) is 0. The molecule has 0 aromatic carbocycles. The van der Waals surface area contributed by atoms with Gasteiger partial charge >= 0.3 is 0 Å². The van der Waals surface area contributed by atoms with E-state index < -0.39 is 0 Å². The van der Waals surface area contributed by atoms with Crippen molar-refractivity contribution in [1.82, 2.24) is 9.88 Å². The van der Waals surface area contributed by atoms with Crippen molar-refractivity contribution in [3.63, 3.8) is 0 Å². The van der Waals surface area contributed by atoms with Gasteiger partial charge in [-0.2, -0.15) is 0 Å². The van der Waals surface area contributed by atoms with Gasteiger partial charge in [0.25, 0.3) is 5.91 Å². The van der Waals surface area contributed by atoms with Crippen molar-refractivity contribution in [1.29, 1.82) is 0 Å². The van der Waals surface area contributed by atoms with Crippen LogP contribution < -0.4 is 5.56 Å². The van der Waals surface area contributed by atoms with Gasteiger partial charge in [-0.3, -0.25) is 9.59 Å². The monoisotopic (exact) mass is 220 g/mol. The third kappa shape index (κ3) is 2.01. The zero-order chi connectivity index (χ0) is 11.7. The van der Waals surface area contributed by atoms with Crippen LogP contribution in [0.4, 0.5) is 0 Å². The van der Waals surface area contributed by atoms with Crippen LogP contribution in [0, 0.1) is 11.8 Å². The molecule has 16 heavy (non-hydrogen) atoms. The molecule has 2 atom stereocenters. The number of amides is 1. The summed E-state index contributed by atoms with van der Waals surface area (Å²) in [5.74, 6) is 1.10. The Morgan fingerprint density at radius 3 is 2.44 bits per heavy atom. The first-order valence-corrected chi connectivity index (χ1v) is 5.56. The Bertz CT molecular complexity index is 422. The van der Waals surface area contributed by atoms with Gasteiger partial charge < -0.3 is 9.88 Å². The summed E-state index contributed by atoms with van der Waals surface area (Å²) in [5.41, 5.74) is 0.376. The van der Waals surface area contributed by atoms with Crippen LogP contribution >= 0.6 is 0 Å². The van der Waals surface area contributed by atoms with Gasteiger partial charge in [-0.15, -0.1) is 0 Å². The first-order chi connectivity index (χ1) is 7.58. The number of aromatic amines is 1. The Balaban J connectivity index is 2.14. The van der Waals surface area contributed by atoms with Gasteiger partial charge in [-0.1, -0.05) is 13.8 Å². The molecule has 1 amide bonds. The average molecular weight is 220 g/mol. The molecule has 0 spiro atoms. The van der Waals surface area contributed by atoms with Crippen LogP contribution in [0.1, 0.15) is 24.2 Å². The predicted octanol–water partition coefficient (Wildman–Crippen LogP) is 1.10. The Morgan fingerprint density at radius 1 is 1.31 bits per heavy atom. The lowest BCUT2D eigenvalue weighted by molar-refractivity contribution is 0.0784. The number of carbonyl (C=O) groups is 1. The lowest BCUT2D eigenvalue weighted by Crippen LogP contribution is -2.29. The minimum atomic E-state index is -0.181. The molecular formula is C12H16N2O2. The van der Waals surface area contributed by atoms with Crippen LogP contribution in [0.15, 0.2) is 23.1 Å². The zero-order valence-electron chi connectivity index (χ0n) is 9.56. The van der Waals surface area contributed by atoms with E-state index in [2.05, 4.69) is 18.8 Å². The molecule has 2 rings (SSSR count). The Kier molecular flexibility index (Phi) is 2.81. The number of H-pyrrole nitrogens is 1. The Morgan fingerprint density at radius 2 is 1.94 bits per heavy atom. The van der Waals surface area contributed by atoms with E-state index in [1.807, 2.05) is 4.90 Å². The number of hydrogen-bond acceptors (Lipinski definition) is 2. The highest BCUT2D eigenvalue weighted by atomic mass is 16.2.